The van der Waals surface area contributed by atoms with Gasteiger partial charge in [-0.25, -0.2) is 4.57 Å². The number of hydrogen-bond acceptors (Lipinski definition) is 6. The maximum atomic E-state index is 10.6. The van der Waals surface area contributed by atoms with E-state index >= 15 is 0 Å². The summed E-state index contributed by atoms with van der Waals surface area (Å²) in [7, 11) is -3.10. The van der Waals surface area contributed by atoms with Crippen molar-refractivity contribution in [2.45, 2.75) is 24.3 Å². The molecule has 4 atom stereocenters. The summed E-state index contributed by atoms with van der Waals surface area (Å²) in [6, 6.07) is -1.32. The van der Waals surface area contributed by atoms with Crippen molar-refractivity contribution < 1.29 is 33.9 Å². The van der Waals surface area contributed by atoms with E-state index in [1.807, 2.05) is 5.48 Å². The van der Waals surface area contributed by atoms with Gasteiger partial charge in [-0.2, -0.15) is 5.48 Å². The van der Waals surface area contributed by atoms with Gasteiger partial charge in [-0.1, -0.05) is 0 Å². The van der Waals surface area contributed by atoms with Gasteiger partial charge in [0.25, 0.3) is 0 Å². The first-order chi connectivity index (χ1) is 6.89. The average Bonchev–Trinajstić information content (AvgIpc) is 2.39. The summed E-state index contributed by atoms with van der Waals surface area (Å²) in [5.74, 6) is 0. The quantitative estimate of drug-likeness (QED) is 0.202. The molecule has 1 saturated heterocycles. The Morgan fingerprint density at radius 2 is 2.13 bits per heavy atom. The molecule has 0 aromatic carbocycles. The van der Waals surface area contributed by atoms with Crippen molar-refractivity contribution in [1.29, 1.82) is 0 Å². The first kappa shape index (κ1) is 13.1. The Labute approximate surface area is 86.8 Å². The second-order valence-electron chi connectivity index (χ2n) is 3.28. The molecule has 1 rings (SSSR count). The zero-order valence-corrected chi connectivity index (χ0v) is 8.87. The zero-order valence-electron chi connectivity index (χ0n) is 7.98. The number of phosphoric ester groups is 1. The highest BCUT2D eigenvalue weighted by atomic mass is 31.2. The summed E-state index contributed by atoms with van der Waals surface area (Å²) >= 11 is 0. The molecule has 1 aliphatic rings. The van der Waals surface area contributed by atoms with Gasteiger partial charge in [-0.3, -0.25) is 4.52 Å². The second kappa shape index (κ2) is 4.90. The molecular weight excluding hydrogens is 228 g/mol. The third kappa shape index (κ3) is 3.23. The lowest BCUT2D eigenvalue weighted by Crippen LogP contribution is -2.45. The van der Waals surface area contributed by atoms with Crippen molar-refractivity contribution in [3.05, 3.63) is 0 Å². The van der Waals surface area contributed by atoms with Crippen molar-refractivity contribution in [1.82, 2.24) is 5.48 Å². The number of ether oxygens (including phenoxy) is 1. The third-order valence-corrected chi connectivity index (χ3v) is 2.72. The summed E-state index contributed by atoms with van der Waals surface area (Å²) < 4.78 is 20.2. The molecule has 0 radical (unpaired) electrons. The minimum absolute atomic E-state index is 0.451. The maximum absolute atomic E-state index is 10.6. The minimum atomic E-state index is -4.68. The van der Waals surface area contributed by atoms with E-state index in [1.165, 1.54) is 0 Å². The van der Waals surface area contributed by atoms with Gasteiger partial charge in [0.2, 0.25) is 0 Å². The molecule has 0 spiro atoms. The fourth-order valence-corrected chi connectivity index (χ4v) is 2.14. The lowest BCUT2D eigenvalue weighted by Gasteiger charge is -2.21. The van der Waals surface area contributed by atoms with Crippen LogP contribution in [0.4, 0.5) is 0 Å². The van der Waals surface area contributed by atoms with Crippen molar-refractivity contribution in [3.8, 4) is 0 Å². The highest BCUT2D eigenvalue weighted by Gasteiger charge is 2.45. The molecule has 88 valence electrons. The van der Waals surface area contributed by atoms with Gasteiger partial charge in [0, 0.05) is 6.00 Å². The molecule has 5 N–H and O–H groups in total. The van der Waals surface area contributed by atoms with Gasteiger partial charge in [0.1, 0.15) is 20.1 Å². The van der Waals surface area contributed by atoms with Crippen LogP contribution in [0.2, 0.25) is 0 Å². The predicted octanol–water partition coefficient (Wildman–Crippen LogP) is -2.84. The second-order valence-corrected chi connectivity index (χ2v) is 4.47. The molecule has 1 aliphatic heterocycles. The average molecular weight is 241 g/mol. The van der Waals surface area contributed by atoms with E-state index < -0.39 is 38.7 Å². The molecule has 0 aromatic heterocycles. The fraction of sp³-hybridized carbons (Fsp3) is 1.00. The van der Waals surface area contributed by atoms with Crippen molar-refractivity contribution in [2.24, 2.45) is 0 Å². The van der Waals surface area contributed by atoms with E-state index in [9.17, 15) is 4.57 Å². The highest BCUT2D eigenvalue weighted by molar-refractivity contribution is 7.46. The molecule has 1 heterocycles. The smallest absolute Gasteiger partial charge is 0.394 e. The first-order valence-electron chi connectivity index (χ1n) is 4.29. The number of phosphoric acid groups is 1. The summed E-state index contributed by atoms with van der Waals surface area (Å²) in [4.78, 5) is 17.3. The van der Waals surface area contributed by atoms with Crippen LogP contribution in [0.5, 0.6) is 0 Å². The van der Waals surface area contributed by atoms with Crippen LogP contribution in [0.15, 0.2) is 0 Å². The van der Waals surface area contributed by atoms with Gasteiger partial charge in [-0.05, 0) is 0 Å². The Morgan fingerprint density at radius 1 is 1.53 bits per heavy atom. The monoisotopic (exact) mass is 241 g/mol. The lowest BCUT2D eigenvalue weighted by molar-refractivity contribution is -0.00648. The Hall–Kier alpha value is 0.0149. The summed E-state index contributed by atoms with van der Waals surface area (Å²) in [5, 5.41) is 17.7. The van der Waals surface area contributed by atoms with E-state index in [-0.39, 0.29) is 0 Å². The number of nitrogens with one attached hydrogen (secondary N) is 1. The molecular formula is C5H13BNO7P. The van der Waals surface area contributed by atoms with Gasteiger partial charge in [-0.15, -0.1) is 0 Å². The number of rotatable bonds is 4. The van der Waals surface area contributed by atoms with Crippen molar-refractivity contribution >= 4 is 15.7 Å². The molecule has 15 heavy (non-hydrogen) atoms. The van der Waals surface area contributed by atoms with Gasteiger partial charge >= 0.3 is 7.82 Å². The van der Waals surface area contributed by atoms with Crippen LogP contribution < -0.4 is 5.48 Å². The van der Waals surface area contributed by atoms with Crippen LogP contribution >= 0.6 is 7.82 Å². The molecule has 8 nitrogen and oxygen atoms in total. The van der Waals surface area contributed by atoms with E-state index in [0.29, 0.717) is 0 Å². The standard InChI is InChI=1S/C5H13BNO7P/c6-5-3(7-9)4(2(1-8)13-5)14-15(10,11)12/h2-5,7-9H,1,6H2,(H2,10,11,12)/t2-,3?,4?,5-/m1/s1. The van der Waals surface area contributed by atoms with Crippen molar-refractivity contribution in [2.75, 3.05) is 6.61 Å². The Morgan fingerprint density at radius 3 is 2.53 bits per heavy atom. The minimum Gasteiger partial charge on any atom is -0.394 e. The Kier molecular flexibility index (Phi) is 4.27. The Balaban J connectivity index is 2.76. The summed E-state index contributed by atoms with van der Waals surface area (Å²) in [5.41, 5.74) is 1.85. The number of hydrogen-bond donors (Lipinski definition) is 5. The maximum Gasteiger partial charge on any atom is 0.470 e. The van der Waals surface area contributed by atoms with Crippen LogP contribution in [0.3, 0.4) is 0 Å². The molecule has 0 amide bonds. The lowest BCUT2D eigenvalue weighted by atomic mass is 9.91. The van der Waals surface area contributed by atoms with Gasteiger partial charge < -0.3 is 24.8 Å². The SMILES string of the molecule is B[C@@H]1O[C@H](CO)C(OP(=O)(O)O)C1NO. The largest absolute Gasteiger partial charge is 0.470 e. The van der Waals surface area contributed by atoms with Crippen LogP contribution in [0.25, 0.3) is 0 Å². The molecule has 0 bridgehead atoms. The molecule has 0 aliphatic carbocycles. The van der Waals surface area contributed by atoms with Crippen molar-refractivity contribution in [3.63, 3.8) is 0 Å². The van der Waals surface area contributed by atoms with E-state index in [4.69, 9.17) is 24.8 Å². The number of hydroxylamine groups is 1. The zero-order chi connectivity index (χ0) is 11.6. The van der Waals surface area contributed by atoms with E-state index in [2.05, 4.69) is 4.52 Å². The number of aliphatic hydroxyl groups excluding tert-OH is 1. The molecule has 0 aromatic rings. The predicted molar refractivity (Wildman–Crippen MR) is 49.9 cm³/mol. The van der Waals surface area contributed by atoms with Crippen LogP contribution in [-0.4, -0.2) is 58.8 Å². The summed E-state index contributed by atoms with van der Waals surface area (Å²) in [6.45, 7) is -0.451. The van der Waals surface area contributed by atoms with E-state index in [1.54, 1.807) is 7.85 Å². The molecule has 2 unspecified atom stereocenters. The Bertz CT molecular complexity index is 260. The highest BCUT2D eigenvalue weighted by Crippen LogP contribution is 2.41. The van der Waals surface area contributed by atoms with Gasteiger partial charge in [0.05, 0.1) is 12.6 Å². The van der Waals surface area contributed by atoms with Crippen LogP contribution in [-0.2, 0) is 13.8 Å². The molecule has 10 heteroatoms. The topological polar surface area (TPSA) is 128 Å². The first-order valence-corrected chi connectivity index (χ1v) is 5.82. The molecule has 0 saturated carbocycles. The molecule has 1 fully saturated rings. The van der Waals surface area contributed by atoms with Crippen LogP contribution in [0.1, 0.15) is 0 Å². The third-order valence-electron chi connectivity index (χ3n) is 2.20. The van der Waals surface area contributed by atoms with E-state index in [0.717, 1.165) is 0 Å². The summed E-state index contributed by atoms with van der Waals surface area (Å²) in [6.07, 6.45) is -1.98. The van der Waals surface area contributed by atoms with Crippen LogP contribution in [0, 0.1) is 0 Å². The van der Waals surface area contributed by atoms with Gasteiger partial charge in [0.15, 0.2) is 0 Å². The number of aliphatic hydroxyl groups is 1. The normalized spacial score (nSPS) is 37.1. The fourth-order valence-electron chi connectivity index (χ4n) is 1.55.